The number of aliphatic hydroxyl groups is 2. The second-order valence-corrected chi connectivity index (χ2v) is 20.7. The number of amides is 1. The fourth-order valence-corrected chi connectivity index (χ4v) is 9.34. The number of carbonyl (C=O) groups excluding carboxylic acids is 2. The van der Waals surface area contributed by atoms with Crippen molar-refractivity contribution in [2.75, 3.05) is 13.2 Å². The molecule has 3 N–H and O–H groups in total. The Balaban J connectivity index is 3.42. The van der Waals surface area contributed by atoms with Crippen LogP contribution < -0.4 is 5.32 Å². The van der Waals surface area contributed by atoms with Crippen LogP contribution in [0.5, 0.6) is 0 Å². The average Bonchev–Trinajstić information content (AvgIpc) is 3.33. The van der Waals surface area contributed by atoms with E-state index in [2.05, 4.69) is 31.3 Å². The van der Waals surface area contributed by atoms with Crippen molar-refractivity contribution in [3.8, 4) is 0 Å². The second kappa shape index (κ2) is 56.9. The van der Waals surface area contributed by atoms with E-state index in [9.17, 15) is 19.8 Å². The molecule has 0 radical (unpaired) electrons. The molecule has 0 saturated carbocycles. The Kier molecular flexibility index (Phi) is 55.5. The molecule has 1 amide bonds. The predicted molar refractivity (Wildman–Crippen MR) is 292 cm³/mol. The molecule has 2 unspecified atom stereocenters. The van der Waals surface area contributed by atoms with Crippen molar-refractivity contribution in [3.63, 3.8) is 0 Å². The van der Waals surface area contributed by atoms with Gasteiger partial charge in [-0.1, -0.05) is 282 Å². The Hall–Kier alpha value is -1.66. The molecule has 0 aromatic carbocycles. The molecule has 0 saturated heterocycles. The van der Waals surface area contributed by atoms with Crippen molar-refractivity contribution in [1.82, 2.24) is 5.32 Å². The number of allylic oxidation sites excluding steroid dienone is 3. The fraction of sp³-hybridized carbons (Fsp3) is 0.902. The molecule has 0 aliphatic heterocycles. The van der Waals surface area contributed by atoms with E-state index in [1.807, 2.05) is 6.08 Å². The minimum Gasteiger partial charge on any atom is -0.466 e. The molecule has 0 rings (SSSR count). The average molecular weight is 945 g/mol. The molecule has 6 nitrogen and oxygen atoms in total. The zero-order valence-electron chi connectivity index (χ0n) is 45.1. The van der Waals surface area contributed by atoms with Crippen LogP contribution in [-0.4, -0.2) is 47.4 Å². The van der Waals surface area contributed by atoms with Crippen molar-refractivity contribution in [2.45, 2.75) is 341 Å². The SMILES string of the molecule is CCCCCCCC/C=C\CCCCCCCCCC(=O)OCCCCCCCCCCCCCCCCCCCCC(=O)NC(CO)C(O)/C=C/CCCCCCCCCCCCCCC. The highest BCUT2D eigenvalue weighted by atomic mass is 16.5. The van der Waals surface area contributed by atoms with Crippen molar-refractivity contribution >= 4 is 11.9 Å². The van der Waals surface area contributed by atoms with Crippen LogP contribution in [0.2, 0.25) is 0 Å². The Morgan fingerprint density at radius 1 is 0.403 bits per heavy atom. The molecule has 6 heteroatoms. The van der Waals surface area contributed by atoms with Gasteiger partial charge in [-0.2, -0.15) is 0 Å². The number of aliphatic hydroxyl groups excluding tert-OH is 2. The van der Waals surface area contributed by atoms with Gasteiger partial charge in [0.2, 0.25) is 5.91 Å². The van der Waals surface area contributed by atoms with Gasteiger partial charge in [0.1, 0.15) is 0 Å². The summed E-state index contributed by atoms with van der Waals surface area (Å²) in [5.41, 5.74) is 0. The summed E-state index contributed by atoms with van der Waals surface area (Å²) in [6.45, 7) is 4.90. The predicted octanol–water partition coefficient (Wildman–Crippen LogP) is 18.6. The molecule has 0 aliphatic rings. The van der Waals surface area contributed by atoms with Crippen molar-refractivity contribution in [1.29, 1.82) is 0 Å². The first-order valence-electron chi connectivity index (χ1n) is 30.1. The number of rotatable bonds is 56. The highest BCUT2D eigenvalue weighted by Gasteiger charge is 2.18. The summed E-state index contributed by atoms with van der Waals surface area (Å²) in [5.74, 6) is -0.0671. The van der Waals surface area contributed by atoms with Gasteiger partial charge in [0.05, 0.1) is 25.4 Å². The van der Waals surface area contributed by atoms with E-state index < -0.39 is 12.1 Å². The number of unbranched alkanes of at least 4 members (excludes halogenated alkanes) is 43. The minimum absolute atomic E-state index is 0.00346. The molecule has 0 bridgehead atoms. The number of hydrogen-bond donors (Lipinski definition) is 3. The maximum Gasteiger partial charge on any atom is 0.305 e. The van der Waals surface area contributed by atoms with E-state index in [1.165, 1.54) is 257 Å². The van der Waals surface area contributed by atoms with Gasteiger partial charge in [-0.25, -0.2) is 0 Å². The van der Waals surface area contributed by atoms with E-state index in [0.29, 0.717) is 19.4 Å². The Labute approximate surface area is 418 Å². The summed E-state index contributed by atoms with van der Waals surface area (Å²) in [6.07, 6.45) is 69.2. The highest BCUT2D eigenvalue weighted by molar-refractivity contribution is 5.76. The van der Waals surface area contributed by atoms with Gasteiger partial charge in [0, 0.05) is 12.8 Å². The lowest BCUT2D eigenvalue weighted by Crippen LogP contribution is -2.45. The van der Waals surface area contributed by atoms with Crippen LogP contribution in [0.25, 0.3) is 0 Å². The van der Waals surface area contributed by atoms with Gasteiger partial charge < -0.3 is 20.3 Å². The van der Waals surface area contributed by atoms with Crippen LogP contribution in [-0.2, 0) is 14.3 Å². The zero-order chi connectivity index (χ0) is 48.6. The highest BCUT2D eigenvalue weighted by Crippen LogP contribution is 2.17. The van der Waals surface area contributed by atoms with Crippen LogP contribution in [0.4, 0.5) is 0 Å². The lowest BCUT2D eigenvalue weighted by Gasteiger charge is -2.20. The molecular formula is C61H117NO5. The van der Waals surface area contributed by atoms with E-state index in [0.717, 1.165) is 44.9 Å². The number of nitrogens with one attached hydrogen (secondary N) is 1. The van der Waals surface area contributed by atoms with Gasteiger partial charge in [-0.05, 0) is 57.8 Å². The molecule has 0 aromatic heterocycles. The smallest absolute Gasteiger partial charge is 0.305 e. The van der Waals surface area contributed by atoms with Crippen LogP contribution in [0.1, 0.15) is 328 Å². The molecular weight excluding hydrogens is 827 g/mol. The zero-order valence-corrected chi connectivity index (χ0v) is 45.1. The molecule has 0 aliphatic carbocycles. The third-order valence-electron chi connectivity index (χ3n) is 14.0. The van der Waals surface area contributed by atoms with Gasteiger partial charge in [0.15, 0.2) is 0 Å². The van der Waals surface area contributed by atoms with Gasteiger partial charge in [-0.15, -0.1) is 0 Å². The summed E-state index contributed by atoms with van der Waals surface area (Å²) >= 11 is 0. The quantitative estimate of drug-likeness (QED) is 0.0321. The minimum atomic E-state index is -0.847. The van der Waals surface area contributed by atoms with Crippen molar-refractivity contribution in [3.05, 3.63) is 24.3 Å². The summed E-state index contributed by atoms with van der Waals surface area (Å²) in [6, 6.07) is -0.630. The van der Waals surface area contributed by atoms with Crippen LogP contribution in [0.15, 0.2) is 24.3 Å². The molecule has 0 spiro atoms. The Morgan fingerprint density at radius 3 is 1.06 bits per heavy atom. The first-order chi connectivity index (χ1) is 33.0. The Bertz CT molecular complexity index is 1040. The van der Waals surface area contributed by atoms with E-state index in [1.54, 1.807) is 6.08 Å². The van der Waals surface area contributed by atoms with Crippen molar-refractivity contribution < 1.29 is 24.5 Å². The third-order valence-corrected chi connectivity index (χ3v) is 14.0. The Morgan fingerprint density at radius 2 is 0.701 bits per heavy atom. The number of ether oxygens (including phenoxy) is 1. The largest absolute Gasteiger partial charge is 0.466 e. The van der Waals surface area contributed by atoms with Crippen LogP contribution in [0, 0.1) is 0 Å². The maximum absolute atomic E-state index is 12.5. The number of esters is 1. The van der Waals surface area contributed by atoms with Crippen molar-refractivity contribution in [2.24, 2.45) is 0 Å². The molecule has 67 heavy (non-hydrogen) atoms. The summed E-state index contributed by atoms with van der Waals surface area (Å²) in [7, 11) is 0. The summed E-state index contributed by atoms with van der Waals surface area (Å²) < 4.78 is 5.49. The lowest BCUT2D eigenvalue weighted by molar-refractivity contribution is -0.143. The van der Waals surface area contributed by atoms with Gasteiger partial charge >= 0.3 is 5.97 Å². The van der Waals surface area contributed by atoms with Crippen LogP contribution >= 0.6 is 0 Å². The van der Waals surface area contributed by atoms with Gasteiger partial charge in [0.25, 0.3) is 0 Å². The molecule has 0 fully saturated rings. The topological polar surface area (TPSA) is 95.9 Å². The molecule has 0 heterocycles. The van der Waals surface area contributed by atoms with Crippen LogP contribution in [0.3, 0.4) is 0 Å². The first kappa shape index (κ1) is 65.3. The normalized spacial score (nSPS) is 12.7. The standard InChI is InChI=1S/C61H117NO5/c1-3-5-7-9-11-13-15-17-19-22-27-31-35-39-43-47-51-55-61(66)67-56-52-48-44-40-36-32-28-24-21-20-23-26-30-34-38-42-46-50-54-60(65)62-58(57-63)59(64)53-49-45-41-37-33-29-25-18-16-14-12-10-8-6-4-2/h17,19,49,53,58-59,63-64H,3-16,18,20-48,50-52,54-57H2,1-2H3,(H,62,65)/b19-17-,53-49+. The monoisotopic (exact) mass is 944 g/mol. The van der Waals surface area contributed by atoms with E-state index >= 15 is 0 Å². The van der Waals surface area contributed by atoms with E-state index in [-0.39, 0.29) is 18.5 Å². The molecule has 2 atom stereocenters. The molecule has 396 valence electrons. The van der Waals surface area contributed by atoms with E-state index in [4.69, 9.17) is 4.74 Å². The van der Waals surface area contributed by atoms with Gasteiger partial charge in [-0.3, -0.25) is 9.59 Å². The molecule has 0 aromatic rings. The fourth-order valence-electron chi connectivity index (χ4n) is 9.34. The number of carbonyl (C=O) groups is 2. The maximum atomic E-state index is 12.5. The third kappa shape index (κ3) is 53.5. The second-order valence-electron chi connectivity index (χ2n) is 20.7. The number of hydrogen-bond acceptors (Lipinski definition) is 5. The summed E-state index contributed by atoms with van der Waals surface area (Å²) in [4.78, 5) is 24.5. The summed E-state index contributed by atoms with van der Waals surface area (Å²) in [5, 5.41) is 23.1. The first-order valence-corrected chi connectivity index (χ1v) is 30.1. The lowest BCUT2D eigenvalue weighted by atomic mass is 10.0.